The first kappa shape index (κ1) is 17.0. The Kier molecular flexibility index (Phi) is 3.89. The normalized spacial score (nSPS) is 47.5. The number of hydrogen-bond acceptors (Lipinski definition) is 1. The van der Waals surface area contributed by atoms with Crippen molar-refractivity contribution in [3.05, 3.63) is 36.2 Å². The Morgan fingerprint density at radius 3 is 2.69 bits per heavy atom. The van der Waals surface area contributed by atoms with Crippen molar-refractivity contribution in [3.63, 3.8) is 0 Å². The smallest absolute Gasteiger partial charge is 0.0343 e. The number of allylic oxidation sites excluding steroid dienone is 2. The van der Waals surface area contributed by atoms with Crippen molar-refractivity contribution in [2.45, 2.75) is 72.1 Å². The molecular formula is C25H35N. The van der Waals surface area contributed by atoms with Crippen LogP contribution in [0.25, 0.3) is 5.57 Å². The lowest BCUT2D eigenvalue weighted by Crippen LogP contribution is -2.53. The van der Waals surface area contributed by atoms with E-state index in [0.717, 1.165) is 29.6 Å². The van der Waals surface area contributed by atoms with Crippen LogP contribution in [0.15, 0.2) is 30.6 Å². The largest absolute Gasteiger partial charge is 0.264 e. The van der Waals surface area contributed by atoms with Crippen molar-refractivity contribution in [1.29, 1.82) is 0 Å². The molecular weight excluding hydrogens is 314 g/mol. The molecule has 7 atom stereocenters. The van der Waals surface area contributed by atoms with E-state index < -0.39 is 0 Å². The lowest BCUT2D eigenvalue weighted by Gasteiger charge is -2.61. The van der Waals surface area contributed by atoms with E-state index >= 15 is 0 Å². The Bertz CT molecular complexity index is 706. The molecule has 1 aromatic rings. The minimum Gasteiger partial charge on any atom is -0.264 e. The quantitative estimate of drug-likeness (QED) is 0.546. The van der Waals surface area contributed by atoms with Gasteiger partial charge in [0.25, 0.3) is 0 Å². The number of hydrogen-bond donors (Lipinski definition) is 0. The molecule has 4 aliphatic carbocycles. The molecule has 3 saturated carbocycles. The summed E-state index contributed by atoms with van der Waals surface area (Å²) in [4.78, 5) is 4.41. The summed E-state index contributed by atoms with van der Waals surface area (Å²) < 4.78 is 0. The molecule has 0 bridgehead atoms. The van der Waals surface area contributed by atoms with Crippen LogP contribution in [0.3, 0.4) is 0 Å². The van der Waals surface area contributed by atoms with Crippen LogP contribution in [0.1, 0.15) is 77.7 Å². The van der Waals surface area contributed by atoms with E-state index in [9.17, 15) is 0 Å². The number of fused-ring (bicyclic) bond motifs is 5. The molecule has 3 fully saturated rings. The third-order valence-corrected chi connectivity index (χ3v) is 9.56. The maximum absolute atomic E-state index is 4.41. The number of pyridine rings is 1. The molecule has 0 amide bonds. The van der Waals surface area contributed by atoms with Crippen molar-refractivity contribution in [3.8, 4) is 0 Å². The van der Waals surface area contributed by atoms with Crippen LogP contribution >= 0.6 is 0 Å². The Morgan fingerprint density at radius 2 is 1.88 bits per heavy atom. The fourth-order valence-electron chi connectivity index (χ4n) is 8.33. The molecule has 0 N–H and O–H groups in total. The van der Waals surface area contributed by atoms with Crippen LogP contribution < -0.4 is 0 Å². The van der Waals surface area contributed by atoms with E-state index in [1.54, 1.807) is 5.57 Å². The highest BCUT2D eigenvalue weighted by atomic mass is 14.6. The monoisotopic (exact) mass is 349 g/mol. The third-order valence-electron chi connectivity index (χ3n) is 9.56. The van der Waals surface area contributed by atoms with Crippen molar-refractivity contribution >= 4 is 5.57 Å². The zero-order chi connectivity index (χ0) is 17.9. The van der Waals surface area contributed by atoms with Crippen LogP contribution in [0.4, 0.5) is 0 Å². The van der Waals surface area contributed by atoms with Gasteiger partial charge in [0, 0.05) is 12.4 Å². The SMILES string of the molecule is CC1CCCC2(C)C1CCC1C3CC=C(c4cccnc4)C3(C)CCC12. The maximum Gasteiger partial charge on any atom is 0.0343 e. The minimum atomic E-state index is 0.383. The molecule has 1 heteroatoms. The van der Waals surface area contributed by atoms with Gasteiger partial charge in [-0.15, -0.1) is 0 Å². The van der Waals surface area contributed by atoms with Gasteiger partial charge in [-0.05, 0) is 96.1 Å². The Labute approximate surface area is 159 Å². The predicted molar refractivity (Wildman–Crippen MR) is 108 cm³/mol. The average Bonchev–Trinajstić information content (AvgIpc) is 2.99. The summed E-state index contributed by atoms with van der Waals surface area (Å²) in [5.74, 6) is 4.74. The lowest BCUT2D eigenvalue weighted by molar-refractivity contribution is -0.111. The summed E-state index contributed by atoms with van der Waals surface area (Å²) in [5, 5.41) is 0. The van der Waals surface area contributed by atoms with Crippen LogP contribution in [0.2, 0.25) is 0 Å². The number of aromatic nitrogens is 1. The van der Waals surface area contributed by atoms with Gasteiger partial charge >= 0.3 is 0 Å². The third kappa shape index (κ3) is 2.25. The first-order valence-electron chi connectivity index (χ1n) is 11.1. The summed E-state index contributed by atoms with van der Waals surface area (Å²) in [7, 11) is 0. The topological polar surface area (TPSA) is 12.9 Å². The first-order chi connectivity index (χ1) is 12.5. The fraction of sp³-hybridized carbons (Fsp3) is 0.720. The van der Waals surface area contributed by atoms with E-state index in [0.29, 0.717) is 10.8 Å². The molecule has 5 rings (SSSR count). The molecule has 0 aliphatic heterocycles. The zero-order valence-electron chi connectivity index (χ0n) is 16.9. The van der Waals surface area contributed by atoms with Crippen molar-refractivity contribution in [2.75, 3.05) is 0 Å². The van der Waals surface area contributed by atoms with E-state index in [1.807, 2.05) is 6.20 Å². The molecule has 26 heavy (non-hydrogen) atoms. The second-order valence-electron chi connectivity index (χ2n) is 10.5. The van der Waals surface area contributed by atoms with Gasteiger partial charge in [0.05, 0.1) is 0 Å². The summed E-state index contributed by atoms with van der Waals surface area (Å²) in [6, 6.07) is 4.38. The maximum atomic E-state index is 4.41. The van der Waals surface area contributed by atoms with Gasteiger partial charge in [-0.1, -0.05) is 45.8 Å². The van der Waals surface area contributed by atoms with Crippen molar-refractivity contribution in [2.24, 2.45) is 40.4 Å². The number of nitrogens with zero attached hydrogens (tertiary/aromatic N) is 1. The van der Waals surface area contributed by atoms with Crippen LogP contribution in [0, 0.1) is 40.4 Å². The highest BCUT2D eigenvalue weighted by Crippen LogP contribution is 2.67. The zero-order valence-corrected chi connectivity index (χ0v) is 16.9. The molecule has 0 aromatic carbocycles. The molecule has 1 nitrogen and oxygen atoms in total. The van der Waals surface area contributed by atoms with Gasteiger partial charge < -0.3 is 0 Å². The van der Waals surface area contributed by atoms with Crippen LogP contribution in [-0.4, -0.2) is 4.98 Å². The molecule has 1 aromatic heterocycles. The molecule has 0 radical (unpaired) electrons. The van der Waals surface area contributed by atoms with Crippen LogP contribution in [0.5, 0.6) is 0 Å². The molecule has 0 saturated heterocycles. The average molecular weight is 350 g/mol. The highest BCUT2D eigenvalue weighted by molar-refractivity contribution is 5.72. The standard InChI is InChI=1S/C25H35N/c1-17-6-4-13-24(2)20(17)9-8-19-22-11-10-21(18-7-5-15-26-16-18)25(22,3)14-12-23(19)24/h5,7,10,15-17,19-20,22-23H,4,6,8-9,11-14H2,1-3H3. The molecule has 1 heterocycles. The second kappa shape index (κ2) is 5.94. The van der Waals surface area contributed by atoms with Gasteiger partial charge in [0.2, 0.25) is 0 Å². The highest BCUT2D eigenvalue weighted by Gasteiger charge is 2.58. The lowest BCUT2D eigenvalue weighted by atomic mass is 9.43. The van der Waals surface area contributed by atoms with Crippen molar-refractivity contribution < 1.29 is 0 Å². The predicted octanol–water partition coefficient (Wildman–Crippen LogP) is 6.75. The molecule has 4 aliphatic rings. The van der Waals surface area contributed by atoms with Gasteiger partial charge in [0.1, 0.15) is 0 Å². The van der Waals surface area contributed by atoms with Crippen molar-refractivity contribution in [1.82, 2.24) is 4.98 Å². The summed E-state index contributed by atoms with van der Waals surface area (Å²) in [6.45, 7) is 7.82. The summed E-state index contributed by atoms with van der Waals surface area (Å²) in [6.07, 6.45) is 18.1. The van der Waals surface area contributed by atoms with E-state index in [1.165, 1.54) is 56.9 Å². The van der Waals surface area contributed by atoms with E-state index in [-0.39, 0.29) is 0 Å². The Morgan fingerprint density at radius 1 is 1.00 bits per heavy atom. The first-order valence-corrected chi connectivity index (χ1v) is 11.1. The summed E-state index contributed by atoms with van der Waals surface area (Å²) in [5.41, 5.74) is 3.99. The molecule has 0 spiro atoms. The van der Waals surface area contributed by atoms with E-state index in [4.69, 9.17) is 0 Å². The molecule has 140 valence electrons. The number of rotatable bonds is 1. The summed E-state index contributed by atoms with van der Waals surface area (Å²) >= 11 is 0. The second-order valence-corrected chi connectivity index (χ2v) is 10.5. The Balaban J connectivity index is 1.46. The van der Waals surface area contributed by atoms with E-state index in [2.05, 4.69) is 50.2 Å². The Hall–Kier alpha value is -1.11. The molecule has 7 unspecified atom stereocenters. The van der Waals surface area contributed by atoms with Gasteiger partial charge in [-0.2, -0.15) is 0 Å². The van der Waals surface area contributed by atoms with Gasteiger partial charge in [-0.25, -0.2) is 0 Å². The van der Waals surface area contributed by atoms with Crippen LogP contribution in [-0.2, 0) is 0 Å². The fourth-order valence-corrected chi connectivity index (χ4v) is 8.33. The van der Waals surface area contributed by atoms with Gasteiger partial charge in [-0.3, -0.25) is 4.98 Å². The van der Waals surface area contributed by atoms with Gasteiger partial charge in [0.15, 0.2) is 0 Å². The minimum absolute atomic E-state index is 0.383.